The molecule has 3 aromatic heterocycles. The topological polar surface area (TPSA) is 116 Å². The number of benzene rings is 1. The van der Waals surface area contributed by atoms with Gasteiger partial charge in [0.15, 0.2) is 28.5 Å². The number of hydrogen-bond donors (Lipinski definition) is 3. The Hall–Kier alpha value is -3.66. The number of nitrogen functional groups attached to an aromatic ring is 1. The number of imidazole rings is 1. The first-order chi connectivity index (χ1) is 16.0. The van der Waals surface area contributed by atoms with Crippen LogP contribution >= 0.6 is 0 Å². The molecule has 4 aromatic rings. The van der Waals surface area contributed by atoms with Crippen LogP contribution in [0.3, 0.4) is 0 Å². The second kappa shape index (κ2) is 8.70. The monoisotopic (exact) mass is 451 g/mol. The second-order valence-electron chi connectivity index (χ2n) is 8.45. The van der Waals surface area contributed by atoms with Crippen molar-refractivity contribution in [3.05, 3.63) is 47.9 Å². The van der Waals surface area contributed by atoms with Gasteiger partial charge in [0.1, 0.15) is 5.82 Å². The van der Waals surface area contributed by atoms with Crippen molar-refractivity contribution in [2.45, 2.75) is 26.8 Å². The number of H-pyrrole nitrogens is 1. The molecule has 10 heteroatoms. The van der Waals surface area contributed by atoms with Crippen LogP contribution in [0, 0.1) is 12.0 Å². The number of aromatic nitrogens is 5. The zero-order chi connectivity index (χ0) is 22.9. The van der Waals surface area contributed by atoms with Crippen molar-refractivity contribution in [1.29, 1.82) is 0 Å². The SMILES string of the molecule is CC(C)CNCCn1c(Cc2cc3c(cc2-c2ccc[nH]2)OCO3)nc2c(N)nc(F)nc21. The van der Waals surface area contributed by atoms with Gasteiger partial charge in [0.25, 0.3) is 0 Å². The fourth-order valence-corrected chi connectivity index (χ4v) is 4.04. The summed E-state index contributed by atoms with van der Waals surface area (Å²) >= 11 is 0. The Morgan fingerprint density at radius 2 is 2.03 bits per heavy atom. The minimum absolute atomic E-state index is 0.0305. The lowest BCUT2D eigenvalue weighted by molar-refractivity contribution is 0.174. The third-order valence-corrected chi connectivity index (χ3v) is 5.57. The van der Waals surface area contributed by atoms with Crippen LogP contribution in [0.5, 0.6) is 11.5 Å². The van der Waals surface area contributed by atoms with Gasteiger partial charge in [0.05, 0.1) is 0 Å². The number of nitrogens with two attached hydrogens (primary N) is 1. The lowest BCUT2D eigenvalue weighted by Crippen LogP contribution is -2.25. The Morgan fingerprint density at radius 1 is 1.21 bits per heavy atom. The van der Waals surface area contributed by atoms with Gasteiger partial charge >= 0.3 is 6.08 Å². The number of ether oxygens (including phenoxy) is 2. The van der Waals surface area contributed by atoms with E-state index in [4.69, 9.17) is 20.2 Å². The van der Waals surface area contributed by atoms with E-state index < -0.39 is 6.08 Å². The Morgan fingerprint density at radius 3 is 2.79 bits per heavy atom. The van der Waals surface area contributed by atoms with Gasteiger partial charge < -0.3 is 30.1 Å². The predicted molar refractivity (Wildman–Crippen MR) is 123 cm³/mol. The van der Waals surface area contributed by atoms with Gasteiger partial charge in [-0.25, -0.2) is 4.98 Å². The molecule has 4 N–H and O–H groups in total. The molecule has 1 aliphatic heterocycles. The lowest BCUT2D eigenvalue weighted by Gasteiger charge is -2.13. The number of anilines is 1. The molecule has 0 saturated heterocycles. The molecule has 0 radical (unpaired) electrons. The number of nitrogens with one attached hydrogen (secondary N) is 2. The molecular weight excluding hydrogens is 425 g/mol. The van der Waals surface area contributed by atoms with Crippen LogP contribution in [-0.2, 0) is 13.0 Å². The molecule has 4 heterocycles. The van der Waals surface area contributed by atoms with Crippen LogP contribution in [0.25, 0.3) is 22.4 Å². The van der Waals surface area contributed by atoms with Crippen LogP contribution in [0.4, 0.5) is 10.2 Å². The highest BCUT2D eigenvalue weighted by Gasteiger charge is 2.22. The van der Waals surface area contributed by atoms with Gasteiger partial charge in [-0.2, -0.15) is 14.4 Å². The van der Waals surface area contributed by atoms with Crippen LogP contribution in [0.1, 0.15) is 25.2 Å². The van der Waals surface area contributed by atoms with E-state index in [9.17, 15) is 4.39 Å². The third kappa shape index (κ3) is 4.21. The Balaban J connectivity index is 1.56. The molecule has 33 heavy (non-hydrogen) atoms. The Labute approximate surface area is 190 Å². The Bertz CT molecular complexity index is 1280. The van der Waals surface area contributed by atoms with Gasteiger partial charge in [-0.05, 0) is 42.3 Å². The summed E-state index contributed by atoms with van der Waals surface area (Å²) in [5, 5.41) is 3.42. The maximum absolute atomic E-state index is 14.0. The summed E-state index contributed by atoms with van der Waals surface area (Å²) in [6.07, 6.45) is 1.48. The molecule has 5 rings (SSSR count). The van der Waals surface area contributed by atoms with E-state index in [0.29, 0.717) is 48.1 Å². The van der Waals surface area contributed by atoms with Gasteiger partial charge in [-0.15, -0.1) is 0 Å². The Kier molecular flexibility index (Phi) is 5.59. The van der Waals surface area contributed by atoms with Crippen molar-refractivity contribution in [3.8, 4) is 22.8 Å². The van der Waals surface area contributed by atoms with Gasteiger partial charge in [-0.3, -0.25) is 0 Å². The summed E-state index contributed by atoms with van der Waals surface area (Å²) in [5.74, 6) is 2.66. The quantitative estimate of drug-likeness (QED) is 0.278. The van der Waals surface area contributed by atoms with E-state index in [1.165, 1.54) is 0 Å². The van der Waals surface area contributed by atoms with Gasteiger partial charge in [-0.1, -0.05) is 13.8 Å². The number of hydrogen-bond acceptors (Lipinski definition) is 7. The maximum atomic E-state index is 14.0. The van der Waals surface area contributed by atoms with Crippen LogP contribution in [0.2, 0.25) is 0 Å². The summed E-state index contributed by atoms with van der Waals surface area (Å²) in [5.41, 5.74) is 9.69. The smallest absolute Gasteiger partial charge is 0.312 e. The fourth-order valence-electron chi connectivity index (χ4n) is 4.04. The highest BCUT2D eigenvalue weighted by molar-refractivity contribution is 5.82. The molecule has 0 fully saturated rings. The third-order valence-electron chi connectivity index (χ3n) is 5.57. The average Bonchev–Trinajstić information content (AvgIpc) is 3.51. The van der Waals surface area contributed by atoms with Crippen molar-refractivity contribution in [3.63, 3.8) is 0 Å². The van der Waals surface area contributed by atoms with Crippen LogP contribution in [-0.4, -0.2) is 44.4 Å². The molecule has 0 bridgehead atoms. The molecule has 172 valence electrons. The molecule has 0 spiro atoms. The minimum atomic E-state index is -0.863. The standard InChI is InChI=1S/C23H26FN7O2/c1-13(2)11-26-6-7-31-19(28-20-21(25)29-23(24)30-22(20)31)9-14-8-17-18(33-12-32-17)10-15(14)16-4-3-5-27-16/h3-5,8,10,13,26-27H,6-7,9,11-12H2,1-2H3,(H2,25,29,30). The number of halogens is 1. The number of nitrogens with zero attached hydrogens (tertiary/aromatic N) is 4. The first-order valence-corrected chi connectivity index (χ1v) is 10.9. The highest BCUT2D eigenvalue weighted by Crippen LogP contribution is 2.39. The summed E-state index contributed by atoms with van der Waals surface area (Å²) < 4.78 is 27.1. The average molecular weight is 452 g/mol. The van der Waals surface area contributed by atoms with Crippen molar-refractivity contribution >= 4 is 17.0 Å². The molecule has 0 saturated carbocycles. The van der Waals surface area contributed by atoms with Crippen molar-refractivity contribution in [2.75, 3.05) is 25.6 Å². The molecule has 0 amide bonds. The zero-order valence-electron chi connectivity index (χ0n) is 18.6. The molecule has 1 aliphatic rings. The normalized spacial score (nSPS) is 12.8. The summed E-state index contributed by atoms with van der Waals surface area (Å²) in [6, 6.07) is 7.88. The zero-order valence-corrected chi connectivity index (χ0v) is 18.6. The van der Waals surface area contributed by atoms with Crippen molar-refractivity contribution in [2.24, 2.45) is 5.92 Å². The number of rotatable bonds is 8. The summed E-state index contributed by atoms with van der Waals surface area (Å²) in [4.78, 5) is 15.6. The predicted octanol–water partition coefficient (Wildman–Crippen LogP) is 3.11. The van der Waals surface area contributed by atoms with Crippen LogP contribution in [0.15, 0.2) is 30.5 Å². The molecule has 1 aromatic carbocycles. The first-order valence-electron chi connectivity index (χ1n) is 10.9. The number of fused-ring (bicyclic) bond motifs is 2. The van der Waals surface area contributed by atoms with E-state index in [1.807, 2.05) is 35.0 Å². The van der Waals surface area contributed by atoms with Gasteiger partial charge in [0.2, 0.25) is 6.79 Å². The van der Waals surface area contributed by atoms with E-state index in [2.05, 4.69) is 34.1 Å². The maximum Gasteiger partial charge on any atom is 0.312 e. The van der Waals surface area contributed by atoms with Crippen molar-refractivity contribution < 1.29 is 13.9 Å². The molecule has 9 nitrogen and oxygen atoms in total. The van der Waals surface area contributed by atoms with Gasteiger partial charge in [0, 0.05) is 37.0 Å². The summed E-state index contributed by atoms with van der Waals surface area (Å²) in [7, 11) is 0. The highest BCUT2D eigenvalue weighted by atomic mass is 19.1. The number of aromatic amines is 1. The molecule has 0 unspecified atom stereocenters. The largest absolute Gasteiger partial charge is 0.454 e. The van der Waals surface area contributed by atoms with E-state index in [0.717, 1.165) is 29.2 Å². The second-order valence-corrected chi connectivity index (χ2v) is 8.45. The lowest BCUT2D eigenvalue weighted by atomic mass is 10.0. The van der Waals surface area contributed by atoms with E-state index in [-0.39, 0.29) is 12.6 Å². The van der Waals surface area contributed by atoms with E-state index in [1.54, 1.807) is 0 Å². The van der Waals surface area contributed by atoms with Crippen LogP contribution < -0.4 is 20.5 Å². The summed E-state index contributed by atoms with van der Waals surface area (Å²) in [6.45, 7) is 6.62. The molecule has 0 aliphatic carbocycles. The van der Waals surface area contributed by atoms with E-state index >= 15 is 0 Å². The fraction of sp³-hybridized carbons (Fsp3) is 0.348. The molecule has 0 atom stereocenters. The van der Waals surface area contributed by atoms with Crippen molar-refractivity contribution in [1.82, 2.24) is 29.8 Å². The first kappa shape index (κ1) is 21.2. The minimum Gasteiger partial charge on any atom is -0.454 e. The molecular formula is C23H26FN7O2.